The second-order valence-electron chi connectivity index (χ2n) is 9.35. The lowest BCUT2D eigenvalue weighted by molar-refractivity contribution is 0.0298. The van der Waals surface area contributed by atoms with Crippen LogP contribution in [0.5, 0.6) is 5.75 Å². The van der Waals surface area contributed by atoms with Gasteiger partial charge in [0.25, 0.3) is 0 Å². The molecule has 6 nitrogen and oxygen atoms in total. The molecule has 39 heavy (non-hydrogen) atoms. The Hall–Kier alpha value is -4.66. The minimum atomic E-state index is -3.51. The number of ether oxygens (including phenoxy) is 1. The van der Waals surface area contributed by atoms with Crippen molar-refractivity contribution in [3.63, 3.8) is 0 Å². The maximum absolute atomic E-state index is 16.0. The number of hydrogen-bond acceptors (Lipinski definition) is 5. The van der Waals surface area contributed by atoms with Gasteiger partial charge in [-0.3, -0.25) is 4.98 Å². The van der Waals surface area contributed by atoms with E-state index in [0.29, 0.717) is 39.1 Å². The fraction of sp³-hybridized carbons (Fsp3) is 0.167. The van der Waals surface area contributed by atoms with Crippen LogP contribution in [0.1, 0.15) is 28.4 Å². The number of fused-ring (bicyclic) bond motifs is 3. The number of nitrogens with zero attached hydrogens (tertiary/aromatic N) is 4. The number of methoxy groups -OCH3 is 1. The molecule has 0 bridgehead atoms. The van der Waals surface area contributed by atoms with E-state index in [1.807, 2.05) is 50.2 Å². The zero-order valence-corrected chi connectivity index (χ0v) is 21.4. The van der Waals surface area contributed by atoms with Crippen LogP contribution in [0.2, 0.25) is 0 Å². The quantitative estimate of drug-likeness (QED) is 0.229. The van der Waals surface area contributed by atoms with Crippen LogP contribution in [0.15, 0.2) is 77.4 Å². The molecule has 0 N–H and O–H groups in total. The van der Waals surface area contributed by atoms with Crippen molar-refractivity contribution in [2.45, 2.75) is 26.3 Å². The van der Waals surface area contributed by atoms with E-state index >= 15 is 8.78 Å². The predicted octanol–water partition coefficient (Wildman–Crippen LogP) is 7.19. The normalized spacial score (nSPS) is 11.9. The van der Waals surface area contributed by atoms with E-state index in [-0.39, 0.29) is 12.1 Å². The monoisotopic (exact) mass is 528 g/mol. The Labute approximate surface area is 221 Å². The molecule has 0 atom stereocenters. The lowest BCUT2D eigenvalue weighted by Crippen LogP contribution is -2.22. The number of hydrogen-bond donors (Lipinski definition) is 0. The van der Waals surface area contributed by atoms with Crippen LogP contribution in [0.25, 0.3) is 33.1 Å². The zero-order valence-electron chi connectivity index (χ0n) is 21.4. The van der Waals surface area contributed by atoms with Gasteiger partial charge in [0.2, 0.25) is 0 Å². The van der Waals surface area contributed by atoms with Gasteiger partial charge >= 0.3 is 5.92 Å². The van der Waals surface area contributed by atoms with E-state index in [1.165, 1.54) is 10.8 Å². The van der Waals surface area contributed by atoms with Crippen molar-refractivity contribution < 1.29 is 22.4 Å². The van der Waals surface area contributed by atoms with E-state index < -0.39 is 17.6 Å². The first-order valence-electron chi connectivity index (χ1n) is 12.3. The van der Waals surface area contributed by atoms with Crippen LogP contribution in [-0.4, -0.2) is 26.8 Å². The fourth-order valence-electron chi connectivity index (χ4n) is 5.02. The number of alkyl halides is 2. The minimum absolute atomic E-state index is 0.135. The maximum atomic E-state index is 16.0. The zero-order chi connectivity index (χ0) is 27.3. The van der Waals surface area contributed by atoms with Gasteiger partial charge in [0.1, 0.15) is 22.8 Å². The van der Waals surface area contributed by atoms with E-state index in [9.17, 15) is 4.39 Å². The third kappa shape index (κ3) is 4.10. The number of halogens is 3. The molecule has 0 aliphatic heterocycles. The molecule has 3 aromatic heterocycles. The molecular formula is C30H23F3N4O2. The molecule has 0 saturated heterocycles. The average Bonchev–Trinajstić information content (AvgIpc) is 3.48. The highest BCUT2D eigenvalue weighted by Crippen LogP contribution is 2.42. The van der Waals surface area contributed by atoms with Crippen molar-refractivity contribution in [1.29, 1.82) is 0 Å². The number of rotatable bonds is 6. The summed E-state index contributed by atoms with van der Waals surface area (Å²) in [4.78, 5) is 8.94. The summed E-state index contributed by atoms with van der Waals surface area (Å²) in [5.74, 6) is -3.42. The summed E-state index contributed by atoms with van der Waals surface area (Å²) >= 11 is 0. The van der Waals surface area contributed by atoms with Gasteiger partial charge in [-0.25, -0.2) is 9.37 Å². The van der Waals surface area contributed by atoms with Crippen LogP contribution in [-0.2, 0) is 12.5 Å². The first-order chi connectivity index (χ1) is 18.8. The van der Waals surface area contributed by atoms with Gasteiger partial charge in [0.15, 0.2) is 5.82 Å². The summed E-state index contributed by atoms with van der Waals surface area (Å²) in [6.07, 6.45) is 1.49. The Morgan fingerprint density at radius 3 is 2.38 bits per heavy atom. The highest BCUT2D eigenvalue weighted by Gasteiger charge is 2.40. The highest BCUT2D eigenvalue weighted by molar-refractivity contribution is 6.05. The highest BCUT2D eigenvalue weighted by atomic mass is 19.3. The molecule has 0 fully saturated rings. The van der Waals surface area contributed by atoms with Gasteiger partial charge in [-0.05, 0) is 55.8 Å². The van der Waals surface area contributed by atoms with Crippen molar-refractivity contribution in [3.05, 3.63) is 107 Å². The third-order valence-corrected chi connectivity index (χ3v) is 6.87. The molecule has 0 unspecified atom stereocenters. The van der Waals surface area contributed by atoms with Crippen LogP contribution in [0, 0.1) is 19.7 Å². The Morgan fingerprint density at radius 2 is 1.72 bits per heavy atom. The summed E-state index contributed by atoms with van der Waals surface area (Å²) in [5.41, 5.74) is 4.05. The second kappa shape index (κ2) is 9.27. The summed E-state index contributed by atoms with van der Waals surface area (Å²) < 4.78 is 58.2. The van der Waals surface area contributed by atoms with E-state index in [4.69, 9.17) is 9.26 Å². The van der Waals surface area contributed by atoms with Gasteiger partial charge in [-0.1, -0.05) is 35.5 Å². The van der Waals surface area contributed by atoms with Crippen molar-refractivity contribution >= 4 is 21.9 Å². The molecule has 0 saturated carbocycles. The minimum Gasteiger partial charge on any atom is -0.496 e. The molecular weight excluding hydrogens is 505 g/mol. The number of aromatic nitrogens is 4. The van der Waals surface area contributed by atoms with Crippen LogP contribution < -0.4 is 4.74 Å². The van der Waals surface area contributed by atoms with Crippen molar-refractivity contribution in [2.24, 2.45) is 0 Å². The molecule has 0 aliphatic rings. The van der Waals surface area contributed by atoms with Crippen molar-refractivity contribution in [2.75, 3.05) is 7.11 Å². The SMILES string of the molecule is COc1cc2c(cc1-c1c(C)noc1C)ncc1nc(C(F)(F)c3ccc(F)cc3)n(Cc3ccccc3)c12. The van der Waals surface area contributed by atoms with Gasteiger partial charge in [-0.15, -0.1) is 0 Å². The number of aryl methyl sites for hydroxylation is 2. The van der Waals surface area contributed by atoms with Crippen molar-refractivity contribution in [3.8, 4) is 16.9 Å². The predicted molar refractivity (Wildman–Crippen MR) is 141 cm³/mol. The van der Waals surface area contributed by atoms with Gasteiger partial charge in [0, 0.05) is 23.1 Å². The third-order valence-electron chi connectivity index (χ3n) is 6.87. The maximum Gasteiger partial charge on any atom is 0.330 e. The molecule has 6 rings (SSSR count). The molecule has 9 heteroatoms. The summed E-state index contributed by atoms with van der Waals surface area (Å²) in [6, 6.07) is 17.1. The van der Waals surface area contributed by atoms with Gasteiger partial charge in [-0.2, -0.15) is 8.78 Å². The van der Waals surface area contributed by atoms with Crippen molar-refractivity contribution in [1.82, 2.24) is 19.7 Å². The van der Waals surface area contributed by atoms with Gasteiger partial charge in [0.05, 0.1) is 35.6 Å². The number of pyridine rings is 1. The topological polar surface area (TPSA) is 66.0 Å². The molecule has 3 heterocycles. The van der Waals surface area contributed by atoms with Crippen LogP contribution >= 0.6 is 0 Å². The Bertz CT molecular complexity index is 1810. The van der Waals surface area contributed by atoms with Crippen LogP contribution in [0.4, 0.5) is 13.2 Å². The molecule has 0 aliphatic carbocycles. The molecule has 196 valence electrons. The molecule has 0 amide bonds. The lowest BCUT2D eigenvalue weighted by Gasteiger charge is -2.19. The van der Waals surface area contributed by atoms with Crippen LogP contribution in [0.3, 0.4) is 0 Å². The standard InChI is InChI=1S/C30H23F3N4O2/c1-17-27(18(2)39-36-17)23-13-24-22(14-26(23)38-3)28-25(15-34-24)35-29(37(28)16-19-7-5-4-6-8-19)30(32,33)20-9-11-21(31)12-10-20/h4-15H,16H2,1-3H3. The van der Waals surface area contributed by atoms with E-state index in [2.05, 4.69) is 15.1 Å². The Balaban J connectivity index is 1.64. The summed E-state index contributed by atoms with van der Waals surface area (Å²) in [5, 5.41) is 4.65. The Kier molecular flexibility index (Phi) is 5.86. The molecule has 6 aromatic rings. The fourth-order valence-corrected chi connectivity index (χ4v) is 5.02. The number of imidazole rings is 1. The second-order valence-corrected chi connectivity index (χ2v) is 9.35. The smallest absolute Gasteiger partial charge is 0.330 e. The lowest BCUT2D eigenvalue weighted by atomic mass is 10.0. The first kappa shape index (κ1) is 24.7. The summed E-state index contributed by atoms with van der Waals surface area (Å²) in [6.45, 7) is 3.79. The molecule has 0 radical (unpaired) electrons. The summed E-state index contributed by atoms with van der Waals surface area (Å²) in [7, 11) is 1.55. The average molecular weight is 529 g/mol. The molecule has 3 aromatic carbocycles. The van der Waals surface area contributed by atoms with E-state index in [0.717, 1.165) is 41.0 Å². The first-order valence-corrected chi connectivity index (χ1v) is 12.3. The van der Waals surface area contributed by atoms with Gasteiger partial charge < -0.3 is 13.8 Å². The molecule has 0 spiro atoms. The Morgan fingerprint density at radius 1 is 0.974 bits per heavy atom. The van der Waals surface area contributed by atoms with E-state index in [1.54, 1.807) is 13.2 Å². The number of benzene rings is 3. The largest absolute Gasteiger partial charge is 0.496 e.